The molecule has 0 aliphatic rings. The molecule has 0 aromatic heterocycles. The first-order valence-corrected chi connectivity index (χ1v) is 2.42. The summed E-state index contributed by atoms with van der Waals surface area (Å²) in [4.78, 5) is 0. The number of alkyl halides is 3. The molecule has 0 spiro atoms. The Bertz CT molecular complexity index is 38.5. The van der Waals surface area contributed by atoms with Crippen molar-refractivity contribution < 1.29 is 13.2 Å². The zero-order valence-electron chi connectivity index (χ0n) is 3.05. The largest absolute Gasteiger partial charge is 0.421 e. The Labute approximate surface area is 35.9 Å². The normalized spacial score (nSPS) is 12.5. The molecule has 0 N–H and O–H groups in total. The Balaban J connectivity index is 3.17. The average Bonchev–Trinajstić information content (AvgIpc) is 1.35. The van der Waals surface area contributed by atoms with Crippen LogP contribution >= 0.6 is 9.24 Å². The molecule has 0 bridgehead atoms. The maximum absolute atomic E-state index is 10.8. The van der Waals surface area contributed by atoms with Gasteiger partial charge in [0.15, 0.2) is 0 Å². The second kappa shape index (κ2) is 1.78. The van der Waals surface area contributed by atoms with E-state index in [-0.39, 0.29) is 0 Å². The van der Waals surface area contributed by atoms with Crippen molar-refractivity contribution in [3.05, 3.63) is 0 Å². The molecule has 0 rings (SSSR count). The molecule has 0 saturated heterocycles. The van der Waals surface area contributed by atoms with Crippen molar-refractivity contribution in [3.63, 3.8) is 0 Å². The van der Waals surface area contributed by atoms with Gasteiger partial charge in [-0.1, -0.05) is 0 Å². The van der Waals surface area contributed by atoms with E-state index >= 15 is 0 Å². The summed E-state index contributed by atoms with van der Waals surface area (Å²) in [6.45, 7) is 0. The molecule has 0 aromatic rings. The van der Waals surface area contributed by atoms with Gasteiger partial charge in [-0.15, -0.1) is 0 Å². The Morgan fingerprint density at radius 1 is 1.33 bits per heavy atom. The lowest BCUT2D eigenvalue weighted by atomic mass is 10.8. The first kappa shape index (κ1) is 6.22. The van der Waals surface area contributed by atoms with Crippen molar-refractivity contribution in [2.24, 2.45) is 0 Å². The third-order valence-electron chi connectivity index (χ3n) is 0.283. The molecule has 0 heterocycles. The van der Waals surface area contributed by atoms with Gasteiger partial charge in [-0.2, -0.15) is 13.2 Å². The number of hydrogen-bond acceptors (Lipinski definition) is 0. The van der Waals surface area contributed by atoms with Crippen molar-refractivity contribution in [3.8, 4) is 0 Å². The predicted molar refractivity (Wildman–Crippen MR) is 22.0 cm³/mol. The minimum absolute atomic E-state index is 0.701. The van der Waals surface area contributed by atoms with Gasteiger partial charge in [-0.3, -0.25) is 0 Å². The lowest BCUT2D eigenvalue weighted by Crippen LogP contribution is -2.07. The lowest BCUT2D eigenvalue weighted by molar-refractivity contribution is -0.105. The Hall–Kier alpha value is 0.220. The van der Waals surface area contributed by atoms with E-state index in [1.54, 1.807) is 0 Å². The van der Waals surface area contributed by atoms with Crippen LogP contribution in [0.1, 0.15) is 0 Å². The standard InChI is InChI=1S/C2H4F3P/c3-2(4,5)1-6/h1,6H2/p+1. The molecule has 0 radical (unpaired) electrons. The van der Waals surface area contributed by atoms with Crippen LogP contribution in [0.25, 0.3) is 0 Å². The summed E-state index contributed by atoms with van der Waals surface area (Å²) < 4.78 is 32.4. The fourth-order valence-corrected chi connectivity index (χ4v) is 0. The highest BCUT2D eigenvalue weighted by Crippen LogP contribution is 2.16. The molecule has 0 amide bonds. The van der Waals surface area contributed by atoms with Crippen LogP contribution in [0.4, 0.5) is 13.2 Å². The number of rotatable bonds is 0. The summed E-state index contributed by atoms with van der Waals surface area (Å²) in [5.41, 5.74) is 0. The number of halogens is 3. The Morgan fingerprint density at radius 2 is 1.50 bits per heavy atom. The summed E-state index contributed by atoms with van der Waals surface area (Å²) in [5, 5.41) is 0. The van der Waals surface area contributed by atoms with Crippen LogP contribution in [0.2, 0.25) is 0 Å². The molecule has 1 unspecified atom stereocenters. The van der Waals surface area contributed by atoms with Crippen LogP contribution in [0.15, 0.2) is 0 Å². The van der Waals surface area contributed by atoms with Crippen LogP contribution in [-0.4, -0.2) is 12.3 Å². The van der Waals surface area contributed by atoms with E-state index in [0.717, 1.165) is 9.24 Å². The van der Waals surface area contributed by atoms with Gasteiger partial charge in [0.2, 0.25) is 0 Å². The molecule has 0 saturated carbocycles. The number of hydrogen-bond donors (Lipinski definition) is 0. The van der Waals surface area contributed by atoms with E-state index in [2.05, 4.69) is 0 Å². The molecule has 0 nitrogen and oxygen atoms in total. The van der Waals surface area contributed by atoms with Crippen LogP contribution in [-0.2, 0) is 0 Å². The van der Waals surface area contributed by atoms with Crippen molar-refractivity contribution in [2.45, 2.75) is 6.18 Å². The summed E-state index contributed by atoms with van der Waals surface area (Å²) in [6, 6.07) is 0. The van der Waals surface area contributed by atoms with Gasteiger partial charge in [-0.05, 0) is 9.24 Å². The summed E-state index contributed by atoms with van der Waals surface area (Å²) in [7, 11) is 0.911. The fourth-order valence-electron chi connectivity index (χ4n) is 0. The molecule has 0 aromatic carbocycles. The highest BCUT2D eigenvalue weighted by Gasteiger charge is 2.26. The molecular weight excluding hydrogens is 112 g/mol. The van der Waals surface area contributed by atoms with Crippen molar-refractivity contribution in [2.75, 3.05) is 6.16 Å². The van der Waals surface area contributed by atoms with E-state index in [4.69, 9.17) is 0 Å². The van der Waals surface area contributed by atoms with Crippen molar-refractivity contribution in [1.82, 2.24) is 0 Å². The van der Waals surface area contributed by atoms with Crippen molar-refractivity contribution >= 4 is 9.24 Å². The summed E-state index contributed by atoms with van der Waals surface area (Å²) in [6.07, 6.45) is -4.65. The van der Waals surface area contributed by atoms with Gasteiger partial charge in [0.05, 0.1) is 0 Å². The van der Waals surface area contributed by atoms with Gasteiger partial charge in [0.25, 0.3) is 0 Å². The Kier molecular flexibility index (Phi) is 1.85. The highest BCUT2D eigenvalue weighted by molar-refractivity contribution is 7.16. The van der Waals surface area contributed by atoms with Crippen LogP contribution in [0.5, 0.6) is 0 Å². The van der Waals surface area contributed by atoms with Gasteiger partial charge >= 0.3 is 6.18 Å². The highest BCUT2D eigenvalue weighted by atomic mass is 31.0. The maximum atomic E-state index is 10.8. The second-order valence-corrected chi connectivity index (χ2v) is 1.37. The van der Waals surface area contributed by atoms with Crippen LogP contribution < -0.4 is 0 Å². The molecule has 6 heavy (non-hydrogen) atoms. The van der Waals surface area contributed by atoms with Crippen LogP contribution in [0.3, 0.4) is 0 Å². The Morgan fingerprint density at radius 3 is 1.50 bits per heavy atom. The summed E-state index contributed by atoms with van der Waals surface area (Å²) >= 11 is 0. The zero-order valence-corrected chi connectivity index (χ0v) is 4.46. The van der Waals surface area contributed by atoms with E-state index in [1.165, 1.54) is 0 Å². The molecule has 0 aliphatic carbocycles. The summed E-state index contributed by atoms with van der Waals surface area (Å²) in [5.74, 6) is 0. The minimum atomic E-state index is -3.95. The zero-order chi connectivity index (χ0) is 5.21. The minimum Gasteiger partial charge on any atom is -0.167 e. The van der Waals surface area contributed by atoms with Crippen LogP contribution in [0, 0.1) is 0 Å². The molecule has 4 heteroatoms. The first-order chi connectivity index (χ1) is 2.56. The van der Waals surface area contributed by atoms with E-state index < -0.39 is 12.3 Å². The quantitative estimate of drug-likeness (QED) is 0.417. The average molecular weight is 117 g/mol. The van der Waals surface area contributed by atoms with Gasteiger partial charge in [-0.25, -0.2) is 0 Å². The van der Waals surface area contributed by atoms with Gasteiger partial charge in [0, 0.05) is 0 Å². The monoisotopic (exact) mass is 117 g/mol. The SMILES string of the molecule is FC(F)(F)C[PH3+]. The fraction of sp³-hybridized carbons (Fsp3) is 1.00. The third kappa shape index (κ3) is 4.22. The van der Waals surface area contributed by atoms with Crippen molar-refractivity contribution in [1.29, 1.82) is 0 Å². The predicted octanol–water partition coefficient (Wildman–Crippen LogP) is 1.16. The molecule has 0 fully saturated rings. The molecule has 0 aliphatic heterocycles. The van der Waals surface area contributed by atoms with E-state index in [0.29, 0.717) is 0 Å². The van der Waals surface area contributed by atoms with Gasteiger partial charge < -0.3 is 0 Å². The topological polar surface area (TPSA) is 0 Å². The molecule has 1 atom stereocenters. The third-order valence-corrected chi connectivity index (χ3v) is 0.850. The molecular formula is C2H5F3P+. The van der Waals surface area contributed by atoms with E-state index in [9.17, 15) is 13.2 Å². The second-order valence-electron chi connectivity index (χ2n) is 0.865. The van der Waals surface area contributed by atoms with Gasteiger partial charge in [0.1, 0.15) is 6.16 Å². The first-order valence-electron chi connectivity index (χ1n) is 1.42. The smallest absolute Gasteiger partial charge is 0.167 e. The van der Waals surface area contributed by atoms with E-state index in [1.807, 2.05) is 0 Å². The maximum Gasteiger partial charge on any atom is 0.421 e. The lowest BCUT2D eigenvalue weighted by Gasteiger charge is -1.93. The molecule has 38 valence electrons.